The van der Waals surface area contributed by atoms with Crippen LogP contribution >= 0.6 is 11.8 Å². The van der Waals surface area contributed by atoms with Crippen molar-refractivity contribution in [2.45, 2.75) is 49.6 Å². The van der Waals surface area contributed by atoms with Crippen LogP contribution in [0, 0.1) is 0 Å². The van der Waals surface area contributed by atoms with E-state index in [1.807, 2.05) is 12.1 Å². The van der Waals surface area contributed by atoms with Crippen molar-refractivity contribution in [1.82, 2.24) is 14.8 Å². The summed E-state index contributed by atoms with van der Waals surface area (Å²) in [6, 6.07) is 18.1. The quantitative estimate of drug-likeness (QED) is 0.307. The van der Waals surface area contributed by atoms with Crippen molar-refractivity contribution in [2.75, 3.05) is 0 Å². The maximum atomic E-state index is 12.1. The Labute approximate surface area is 179 Å². The number of thioether (sulfide) groups is 1. The molecule has 4 aromatic rings. The van der Waals surface area contributed by atoms with Gasteiger partial charge in [-0.25, -0.2) is 4.79 Å². The van der Waals surface area contributed by atoms with Crippen molar-refractivity contribution < 1.29 is 4.42 Å². The van der Waals surface area contributed by atoms with Crippen LogP contribution in [0.3, 0.4) is 0 Å². The molecule has 0 amide bonds. The van der Waals surface area contributed by atoms with Crippen molar-refractivity contribution in [3.05, 3.63) is 87.5 Å². The number of nitrogens with zero attached hydrogens (tertiary/aromatic N) is 3. The third kappa shape index (κ3) is 3.92. The van der Waals surface area contributed by atoms with Gasteiger partial charge in [0.05, 0.1) is 6.54 Å². The summed E-state index contributed by atoms with van der Waals surface area (Å²) in [5.41, 5.74) is 3.71. The zero-order chi connectivity index (χ0) is 20.5. The minimum Gasteiger partial charge on any atom is -0.423 e. The molecule has 0 unspecified atom stereocenters. The molecule has 0 N–H and O–H groups in total. The molecule has 0 radical (unpaired) electrons. The minimum atomic E-state index is -0.309. The van der Waals surface area contributed by atoms with Gasteiger partial charge >= 0.3 is 5.63 Å². The maximum Gasteiger partial charge on any atom is 0.336 e. The Morgan fingerprint density at radius 1 is 1.07 bits per heavy atom. The van der Waals surface area contributed by atoms with Gasteiger partial charge in [0.2, 0.25) is 0 Å². The lowest BCUT2D eigenvalue weighted by Gasteiger charge is -2.11. The first-order valence-electron chi connectivity index (χ1n) is 10.4. The summed E-state index contributed by atoms with van der Waals surface area (Å²) in [4.78, 5) is 12.1. The highest BCUT2D eigenvalue weighted by atomic mass is 32.2. The van der Waals surface area contributed by atoms with Gasteiger partial charge in [-0.1, -0.05) is 61.2 Å². The zero-order valence-corrected chi connectivity index (χ0v) is 17.7. The lowest BCUT2D eigenvalue weighted by molar-refractivity contribution is 0.559. The number of rotatable bonds is 7. The molecule has 1 saturated carbocycles. The first-order valence-corrected chi connectivity index (χ1v) is 11.4. The predicted octanol–water partition coefficient (Wildman–Crippen LogP) is 5.16. The van der Waals surface area contributed by atoms with Crippen molar-refractivity contribution in [1.29, 1.82) is 0 Å². The standard InChI is InChI=1S/C24H23N3O2S/c1-2-16-8-11-20-19(13-22(28)29-21(20)12-16)15-30-24-26-25-23(18-9-10-18)27(24)14-17-6-4-3-5-7-17/h3-8,11-13,18H,2,9-10,14-15H2,1H3. The number of aromatic nitrogens is 3. The smallest absolute Gasteiger partial charge is 0.336 e. The van der Waals surface area contributed by atoms with Crippen LogP contribution in [0.5, 0.6) is 0 Å². The molecular formula is C24H23N3O2S. The number of aryl methyl sites for hydroxylation is 1. The molecule has 5 nitrogen and oxygen atoms in total. The Bertz CT molecular complexity index is 1240. The second-order valence-electron chi connectivity index (χ2n) is 7.75. The molecule has 2 aromatic carbocycles. The summed E-state index contributed by atoms with van der Waals surface area (Å²) in [5, 5.41) is 10.9. The Morgan fingerprint density at radius 3 is 2.67 bits per heavy atom. The maximum absolute atomic E-state index is 12.1. The van der Waals surface area contributed by atoms with Gasteiger partial charge in [0.1, 0.15) is 11.4 Å². The van der Waals surface area contributed by atoms with E-state index in [0.717, 1.165) is 40.5 Å². The largest absolute Gasteiger partial charge is 0.423 e. The van der Waals surface area contributed by atoms with Crippen molar-refractivity contribution in [2.24, 2.45) is 0 Å². The van der Waals surface area contributed by atoms with E-state index in [1.165, 1.54) is 18.4 Å². The summed E-state index contributed by atoms with van der Waals surface area (Å²) >= 11 is 1.63. The predicted molar refractivity (Wildman–Crippen MR) is 119 cm³/mol. The Hall–Kier alpha value is -2.86. The molecule has 0 aliphatic heterocycles. The fourth-order valence-corrected chi connectivity index (χ4v) is 4.66. The molecule has 152 valence electrons. The van der Waals surface area contributed by atoms with E-state index in [2.05, 4.69) is 58.1 Å². The minimum absolute atomic E-state index is 0.309. The van der Waals surface area contributed by atoms with Crippen molar-refractivity contribution >= 4 is 22.7 Å². The van der Waals surface area contributed by atoms with Gasteiger partial charge in [-0.05, 0) is 42.0 Å². The monoisotopic (exact) mass is 417 g/mol. The van der Waals surface area contributed by atoms with Gasteiger partial charge in [0, 0.05) is 23.1 Å². The summed E-state index contributed by atoms with van der Waals surface area (Å²) < 4.78 is 7.68. The average Bonchev–Trinajstić information content (AvgIpc) is 3.54. The van der Waals surface area contributed by atoms with Crippen LogP contribution in [0.25, 0.3) is 11.0 Å². The molecule has 0 saturated heterocycles. The fraction of sp³-hybridized carbons (Fsp3) is 0.292. The molecule has 2 heterocycles. The number of hydrogen-bond acceptors (Lipinski definition) is 5. The van der Waals surface area contributed by atoms with E-state index in [9.17, 15) is 4.79 Å². The van der Waals surface area contributed by atoms with E-state index in [-0.39, 0.29) is 5.63 Å². The molecular weight excluding hydrogens is 394 g/mol. The molecule has 1 aliphatic rings. The molecule has 0 atom stereocenters. The van der Waals surface area contributed by atoms with Gasteiger partial charge in [-0.2, -0.15) is 0 Å². The van der Waals surface area contributed by atoms with Gasteiger partial charge in [0.15, 0.2) is 5.16 Å². The van der Waals surface area contributed by atoms with Crippen LogP contribution < -0.4 is 5.63 Å². The van der Waals surface area contributed by atoms with E-state index in [1.54, 1.807) is 17.8 Å². The van der Waals surface area contributed by atoms with E-state index < -0.39 is 0 Å². The summed E-state index contributed by atoms with van der Waals surface area (Å²) in [6.45, 7) is 2.86. The van der Waals surface area contributed by atoms with Crippen LogP contribution in [-0.2, 0) is 18.7 Å². The van der Waals surface area contributed by atoms with Crippen molar-refractivity contribution in [3.8, 4) is 0 Å². The highest BCUT2D eigenvalue weighted by Gasteiger charge is 2.30. The summed E-state index contributed by atoms with van der Waals surface area (Å²) in [7, 11) is 0. The van der Waals surface area contributed by atoms with E-state index in [0.29, 0.717) is 17.3 Å². The van der Waals surface area contributed by atoms with Gasteiger partial charge in [-0.15, -0.1) is 10.2 Å². The molecule has 2 aromatic heterocycles. The second kappa shape index (κ2) is 8.11. The van der Waals surface area contributed by atoms with E-state index in [4.69, 9.17) is 4.42 Å². The van der Waals surface area contributed by atoms with Crippen LogP contribution in [0.2, 0.25) is 0 Å². The Balaban J connectivity index is 1.45. The average molecular weight is 418 g/mol. The molecule has 5 rings (SSSR count). The summed E-state index contributed by atoms with van der Waals surface area (Å²) in [6.07, 6.45) is 3.27. The third-order valence-electron chi connectivity index (χ3n) is 5.53. The Kier molecular flexibility index (Phi) is 5.17. The van der Waals surface area contributed by atoms with Crippen LogP contribution in [0.15, 0.2) is 69.0 Å². The molecule has 30 heavy (non-hydrogen) atoms. The Morgan fingerprint density at radius 2 is 1.90 bits per heavy atom. The molecule has 0 bridgehead atoms. The van der Waals surface area contributed by atoms with Gasteiger partial charge in [-0.3, -0.25) is 0 Å². The van der Waals surface area contributed by atoms with Gasteiger partial charge < -0.3 is 8.98 Å². The summed E-state index contributed by atoms with van der Waals surface area (Å²) in [5.74, 6) is 2.24. The lowest BCUT2D eigenvalue weighted by atomic mass is 10.1. The topological polar surface area (TPSA) is 60.9 Å². The molecule has 6 heteroatoms. The SMILES string of the molecule is CCc1ccc2c(CSc3nnc(C4CC4)n3Cc3ccccc3)cc(=O)oc2c1. The highest BCUT2D eigenvalue weighted by Crippen LogP contribution is 2.40. The van der Waals surface area contributed by atoms with Crippen molar-refractivity contribution in [3.63, 3.8) is 0 Å². The third-order valence-corrected chi connectivity index (χ3v) is 6.55. The normalized spacial score (nSPS) is 13.8. The fourth-order valence-electron chi connectivity index (χ4n) is 3.72. The number of hydrogen-bond donors (Lipinski definition) is 0. The number of fused-ring (bicyclic) bond motifs is 1. The highest BCUT2D eigenvalue weighted by molar-refractivity contribution is 7.98. The molecule has 1 fully saturated rings. The van der Waals surface area contributed by atoms with E-state index >= 15 is 0 Å². The molecule has 0 spiro atoms. The van der Waals surface area contributed by atoms with Gasteiger partial charge in [0.25, 0.3) is 0 Å². The zero-order valence-electron chi connectivity index (χ0n) is 16.9. The van der Waals surface area contributed by atoms with Crippen LogP contribution in [0.1, 0.15) is 48.2 Å². The van der Waals surface area contributed by atoms with Crippen LogP contribution in [0.4, 0.5) is 0 Å². The van der Waals surface area contributed by atoms with Crippen LogP contribution in [-0.4, -0.2) is 14.8 Å². The lowest BCUT2D eigenvalue weighted by Crippen LogP contribution is -2.06. The first kappa shape index (κ1) is 19.1. The second-order valence-corrected chi connectivity index (χ2v) is 8.69. The number of benzene rings is 2. The molecule has 1 aliphatic carbocycles. The first-order chi connectivity index (χ1) is 14.7.